The van der Waals surface area contributed by atoms with Gasteiger partial charge in [0.2, 0.25) is 5.91 Å². The summed E-state index contributed by atoms with van der Waals surface area (Å²) in [6.07, 6.45) is 10.6. The highest BCUT2D eigenvalue weighted by Crippen LogP contribution is 2.39. The number of piperidine rings is 1. The van der Waals surface area contributed by atoms with E-state index in [0.29, 0.717) is 11.8 Å². The summed E-state index contributed by atoms with van der Waals surface area (Å²) in [5.41, 5.74) is 0.334. The lowest BCUT2D eigenvalue weighted by Crippen LogP contribution is -2.48. The average Bonchev–Trinajstić information content (AvgIpc) is 2.99. The van der Waals surface area contributed by atoms with Gasteiger partial charge in [0.25, 0.3) is 0 Å². The fourth-order valence-corrected chi connectivity index (χ4v) is 3.44. The molecule has 2 aliphatic heterocycles. The molecule has 0 unspecified atom stereocenters. The molecule has 0 N–H and O–H groups in total. The number of carbonyl (C=O) groups is 1. The molecule has 20 heavy (non-hydrogen) atoms. The molecule has 3 heterocycles. The highest BCUT2D eigenvalue weighted by molar-refractivity contribution is 5.76. The van der Waals surface area contributed by atoms with Gasteiger partial charge in [-0.15, -0.1) is 0 Å². The fraction of sp³-hybridized carbons (Fsp3) is 0.733. The second-order valence-corrected chi connectivity index (χ2v) is 6.08. The lowest BCUT2D eigenvalue weighted by molar-refractivity contribution is -0.137. The second-order valence-electron chi connectivity index (χ2n) is 6.08. The molecular formula is C15H23N3O2. The van der Waals surface area contributed by atoms with Crippen molar-refractivity contribution in [3.8, 4) is 0 Å². The summed E-state index contributed by atoms with van der Waals surface area (Å²) in [6, 6.07) is 0. The summed E-state index contributed by atoms with van der Waals surface area (Å²) in [6.45, 7) is 4.30. The molecule has 0 saturated carbocycles. The van der Waals surface area contributed by atoms with Gasteiger partial charge in [0.05, 0.1) is 6.33 Å². The van der Waals surface area contributed by atoms with Crippen LogP contribution in [0.15, 0.2) is 18.7 Å². The Labute approximate surface area is 119 Å². The van der Waals surface area contributed by atoms with Crippen LogP contribution in [0.3, 0.4) is 0 Å². The zero-order chi connectivity index (χ0) is 13.8. The topological polar surface area (TPSA) is 47.4 Å². The summed E-state index contributed by atoms with van der Waals surface area (Å²) in [7, 11) is 0. The largest absolute Gasteiger partial charge is 0.381 e. The standard InChI is InChI=1S/C15H23N3O2/c19-14(2-8-17-9-6-16-13-17)18-7-1-3-15(12-18)4-10-20-11-5-15/h6,9,13H,1-5,7-8,10-12H2. The molecule has 5 heteroatoms. The molecule has 2 fully saturated rings. The number of hydrogen-bond donors (Lipinski definition) is 0. The molecule has 0 bridgehead atoms. The number of imidazole rings is 1. The van der Waals surface area contributed by atoms with Gasteiger partial charge in [0, 0.05) is 51.7 Å². The van der Waals surface area contributed by atoms with Crippen LogP contribution >= 0.6 is 0 Å². The lowest BCUT2D eigenvalue weighted by atomic mass is 9.74. The SMILES string of the molecule is O=C(CCn1ccnc1)N1CCCC2(CCOCC2)C1. The van der Waals surface area contributed by atoms with Crippen LogP contribution < -0.4 is 0 Å². The van der Waals surface area contributed by atoms with Gasteiger partial charge in [-0.05, 0) is 31.1 Å². The van der Waals surface area contributed by atoms with E-state index in [9.17, 15) is 4.79 Å². The molecule has 2 saturated heterocycles. The summed E-state index contributed by atoms with van der Waals surface area (Å²) in [4.78, 5) is 18.5. The zero-order valence-electron chi connectivity index (χ0n) is 12.0. The number of ether oxygens (including phenoxy) is 1. The molecule has 1 amide bonds. The first kappa shape index (κ1) is 13.6. The van der Waals surface area contributed by atoms with Crippen LogP contribution in [0.2, 0.25) is 0 Å². The van der Waals surface area contributed by atoms with E-state index < -0.39 is 0 Å². The summed E-state index contributed by atoms with van der Waals surface area (Å²) < 4.78 is 7.44. The normalized spacial score (nSPS) is 22.1. The molecule has 2 aliphatic rings. The number of likely N-dealkylation sites (tertiary alicyclic amines) is 1. The maximum atomic E-state index is 12.4. The number of hydrogen-bond acceptors (Lipinski definition) is 3. The van der Waals surface area contributed by atoms with Crippen LogP contribution in [0.1, 0.15) is 32.1 Å². The van der Waals surface area contributed by atoms with Crippen molar-refractivity contribution in [2.24, 2.45) is 5.41 Å². The van der Waals surface area contributed by atoms with Crippen LogP contribution in [-0.2, 0) is 16.1 Å². The molecule has 0 radical (unpaired) electrons. The Bertz CT molecular complexity index is 432. The first-order valence-electron chi connectivity index (χ1n) is 7.59. The first-order valence-corrected chi connectivity index (χ1v) is 7.59. The van der Waals surface area contributed by atoms with Crippen molar-refractivity contribution in [2.75, 3.05) is 26.3 Å². The average molecular weight is 277 g/mol. The summed E-state index contributed by atoms with van der Waals surface area (Å²) >= 11 is 0. The third-order valence-corrected chi connectivity index (χ3v) is 4.71. The Kier molecular flexibility index (Phi) is 4.05. The van der Waals surface area contributed by atoms with Crippen molar-refractivity contribution in [3.63, 3.8) is 0 Å². The van der Waals surface area contributed by atoms with Crippen molar-refractivity contribution in [1.82, 2.24) is 14.5 Å². The molecule has 1 aromatic rings. The Hall–Kier alpha value is -1.36. The van der Waals surface area contributed by atoms with Gasteiger partial charge in [0.15, 0.2) is 0 Å². The first-order chi connectivity index (χ1) is 9.77. The van der Waals surface area contributed by atoms with E-state index in [-0.39, 0.29) is 5.91 Å². The quantitative estimate of drug-likeness (QED) is 0.844. The minimum absolute atomic E-state index is 0.282. The molecule has 5 nitrogen and oxygen atoms in total. The van der Waals surface area contributed by atoms with Crippen molar-refractivity contribution in [2.45, 2.75) is 38.6 Å². The Balaban J connectivity index is 1.54. The fourth-order valence-electron chi connectivity index (χ4n) is 3.44. The number of carbonyl (C=O) groups excluding carboxylic acids is 1. The van der Waals surface area contributed by atoms with Gasteiger partial charge in [-0.25, -0.2) is 4.98 Å². The van der Waals surface area contributed by atoms with Gasteiger partial charge in [0.1, 0.15) is 0 Å². The highest BCUT2D eigenvalue weighted by Gasteiger charge is 2.38. The lowest BCUT2D eigenvalue weighted by Gasteiger charge is -2.45. The van der Waals surface area contributed by atoms with E-state index in [4.69, 9.17) is 4.74 Å². The van der Waals surface area contributed by atoms with E-state index >= 15 is 0 Å². The number of nitrogens with zero attached hydrogens (tertiary/aromatic N) is 3. The maximum Gasteiger partial charge on any atom is 0.224 e. The van der Waals surface area contributed by atoms with Crippen molar-refractivity contribution in [3.05, 3.63) is 18.7 Å². The van der Waals surface area contributed by atoms with Gasteiger partial charge in [-0.1, -0.05) is 0 Å². The monoisotopic (exact) mass is 277 g/mol. The van der Waals surface area contributed by atoms with Gasteiger partial charge in [-0.3, -0.25) is 4.79 Å². The molecular weight excluding hydrogens is 254 g/mol. The number of aromatic nitrogens is 2. The van der Waals surface area contributed by atoms with Crippen LogP contribution in [-0.4, -0.2) is 46.7 Å². The predicted octanol–water partition coefficient (Wildman–Crippen LogP) is 1.69. The minimum Gasteiger partial charge on any atom is -0.381 e. The van der Waals surface area contributed by atoms with Crippen LogP contribution in [0.4, 0.5) is 0 Å². The minimum atomic E-state index is 0.282. The van der Waals surface area contributed by atoms with E-state index in [0.717, 1.165) is 52.1 Å². The number of aryl methyl sites for hydroxylation is 1. The van der Waals surface area contributed by atoms with Crippen molar-refractivity contribution >= 4 is 5.91 Å². The Morgan fingerprint density at radius 1 is 1.30 bits per heavy atom. The van der Waals surface area contributed by atoms with Gasteiger partial charge in [-0.2, -0.15) is 0 Å². The Morgan fingerprint density at radius 3 is 2.90 bits per heavy atom. The zero-order valence-corrected chi connectivity index (χ0v) is 12.0. The van der Waals surface area contributed by atoms with Crippen molar-refractivity contribution in [1.29, 1.82) is 0 Å². The molecule has 110 valence electrons. The van der Waals surface area contributed by atoms with Gasteiger partial charge < -0.3 is 14.2 Å². The van der Waals surface area contributed by atoms with Crippen LogP contribution in [0.5, 0.6) is 0 Å². The summed E-state index contributed by atoms with van der Waals surface area (Å²) in [5.74, 6) is 0.282. The molecule has 1 spiro atoms. The van der Waals surface area contributed by atoms with E-state index in [1.807, 2.05) is 10.8 Å². The molecule has 3 rings (SSSR count). The van der Waals surface area contributed by atoms with E-state index in [1.165, 1.54) is 6.42 Å². The molecule has 0 aliphatic carbocycles. The number of rotatable bonds is 3. The summed E-state index contributed by atoms with van der Waals surface area (Å²) in [5, 5.41) is 0. The van der Waals surface area contributed by atoms with Gasteiger partial charge >= 0.3 is 0 Å². The third kappa shape index (κ3) is 3.03. The Morgan fingerprint density at radius 2 is 2.15 bits per heavy atom. The predicted molar refractivity (Wildman–Crippen MR) is 75.1 cm³/mol. The van der Waals surface area contributed by atoms with E-state index in [1.54, 1.807) is 12.5 Å². The molecule has 0 atom stereocenters. The number of amides is 1. The smallest absolute Gasteiger partial charge is 0.224 e. The maximum absolute atomic E-state index is 12.4. The third-order valence-electron chi connectivity index (χ3n) is 4.71. The second kappa shape index (κ2) is 5.95. The van der Waals surface area contributed by atoms with Crippen LogP contribution in [0, 0.1) is 5.41 Å². The molecule has 0 aromatic carbocycles. The molecule has 1 aromatic heterocycles. The van der Waals surface area contributed by atoms with E-state index in [2.05, 4.69) is 9.88 Å². The van der Waals surface area contributed by atoms with Crippen molar-refractivity contribution < 1.29 is 9.53 Å². The highest BCUT2D eigenvalue weighted by atomic mass is 16.5. The van der Waals surface area contributed by atoms with Crippen LogP contribution in [0.25, 0.3) is 0 Å².